The number of hydrogen-bond donors (Lipinski definition) is 1. The first-order chi connectivity index (χ1) is 9.60. The fourth-order valence-electron chi connectivity index (χ4n) is 2.92. The number of carboxylic acids is 1. The van der Waals surface area contributed by atoms with Gasteiger partial charge in [0.2, 0.25) is 11.7 Å². The van der Waals surface area contributed by atoms with Gasteiger partial charge in [0, 0.05) is 6.61 Å². The van der Waals surface area contributed by atoms with Gasteiger partial charge in [-0.3, -0.25) is 4.79 Å². The van der Waals surface area contributed by atoms with Crippen molar-refractivity contribution in [3.63, 3.8) is 0 Å². The van der Waals surface area contributed by atoms with Crippen LogP contribution in [0.3, 0.4) is 0 Å². The van der Waals surface area contributed by atoms with Gasteiger partial charge in [-0.2, -0.15) is 4.98 Å². The number of aromatic nitrogens is 2. The van der Waals surface area contributed by atoms with Crippen molar-refractivity contribution in [2.75, 3.05) is 6.61 Å². The summed E-state index contributed by atoms with van der Waals surface area (Å²) >= 11 is 0. The monoisotopic (exact) mass is 278 g/mol. The van der Waals surface area contributed by atoms with E-state index in [1.165, 1.54) is 0 Å². The zero-order chi connectivity index (χ0) is 14.2. The van der Waals surface area contributed by atoms with Crippen LogP contribution in [0.5, 0.6) is 0 Å². The summed E-state index contributed by atoms with van der Waals surface area (Å²) in [6.07, 6.45) is 6.83. The van der Waals surface area contributed by atoms with Crippen LogP contribution in [-0.4, -0.2) is 27.8 Å². The average Bonchev–Trinajstić information content (AvgIpc) is 3.08. The van der Waals surface area contributed by atoms with Crippen molar-refractivity contribution in [2.45, 2.75) is 44.1 Å². The normalized spacial score (nSPS) is 33.5. The van der Waals surface area contributed by atoms with Crippen LogP contribution in [0.15, 0.2) is 16.7 Å². The molecule has 0 radical (unpaired) electrons. The summed E-state index contributed by atoms with van der Waals surface area (Å²) in [5.74, 6) is -0.617. The molecule has 0 bridgehead atoms. The largest absolute Gasteiger partial charge is 0.481 e. The van der Waals surface area contributed by atoms with Crippen LogP contribution < -0.4 is 0 Å². The zero-order valence-corrected chi connectivity index (χ0v) is 11.4. The molecule has 6 nitrogen and oxygen atoms in total. The third-order valence-corrected chi connectivity index (χ3v) is 4.20. The first-order valence-electron chi connectivity index (χ1n) is 6.96. The van der Waals surface area contributed by atoms with Gasteiger partial charge in [-0.15, -0.1) is 0 Å². The van der Waals surface area contributed by atoms with E-state index in [1.54, 1.807) is 0 Å². The van der Waals surface area contributed by atoms with E-state index in [0.717, 1.165) is 12.8 Å². The Hall–Kier alpha value is -1.69. The minimum Gasteiger partial charge on any atom is -0.481 e. The van der Waals surface area contributed by atoms with Gasteiger partial charge >= 0.3 is 5.97 Å². The molecule has 2 heterocycles. The summed E-state index contributed by atoms with van der Waals surface area (Å²) < 4.78 is 11.0. The predicted octanol–water partition coefficient (Wildman–Crippen LogP) is 2.23. The first-order valence-corrected chi connectivity index (χ1v) is 6.96. The van der Waals surface area contributed by atoms with Crippen LogP contribution in [0, 0.1) is 5.92 Å². The summed E-state index contributed by atoms with van der Waals surface area (Å²) in [6, 6.07) is 0. The molecule has 1 N–H and O–H groups in total. The number of allylic oxidation sites excluding steroid dienone is 2. The molecular weight excluding hydrogens is 260 g/mol. The van der Waals surface area contributed by atoms with Gasteiger partial charge in [-0.25, -0.2) is 0 Å². The van der Waals surface area contributed by atoms with E-state index >= 15 is 0 Å². The molecule has 0 aromatic carbocycles. The van der Waals surface area contributed by atoms with E-state index in [1.807, 2.05) is 19.1 Å². The number of hydrogen-bond acceptors (Lipinski definition) is 5. The van der Waals surface area contributed by atoms with Crippen LogP contribution in [0.1, 0.15) is 50.2 Å². The summed E-state index contributed by atoms with van der Waals surface area (Å²) in [5.41, 5.74) is -0.495. The van der Waals surface area contributed by atoms with E-state index in [-0.39, 0.29) is 5.92 Å². The SMILES string of the molecule is CC1(c2noc([C@@H]3CC=CC[C@@H]3C(=O)O)n2)CCCO1. The lowest BCUT2D eigenvalue weighted by Gasteiger charge is -2.21. The molecule has 0 saturated carbocycles. The molecular formula is C14H18N2O4. The molecule has 1 saturated heterocycles. The number of carboxylic acid groups (broad SMARTS) is 1. The van der Waals surface area contributed by atoms with Gasteiger partial charge in [-0.1, -0.05) is 17.3 Å². The molecule has 3 atom stereocenters. The van der Waals surface area contributed by atoms with Gasteiger partial charge in [0.05, 0.1) is 11.8 Å². The summed E-state index contributed by atoms with van der Waals surface area (Å²) in [7, 11) is 0. The van der Waals surface area contributed by atoms with Crippen molar-refractivity contribution in [1.82, 2.24) is 10.1 Å². The molecule has 1 fully saturated rings. The van der Waals surface area contributed by atoms with Crippen LogP contribution in [0.2, 0.25) is 0 Å². The van der Waals surface area contributed by atoms with E-state index in [2.05, 4.69) is 10.1 Å². The Morgan fingerprint density at radius 3 is 2.95 bits per heavy atom. The highest BCUT2D eigenvalue weighted by Gasteiger charge is 2.39. The highest BCUT2D eigenvalue weighted by atomic mass is 16.5. The summed E-state index contributed by atoms with van der Waals surface area (Å²) in [4.78, 5) is 15.7. The molecule has 1 aromatic heterocycles. The van der Waals surface area contributed by atoms with Crippen molar-refractivity contribution in [3.8, 4) is 0 Å². The van der Waals surface area contributed by atoms with E-state index in [0.29, 0.717) is 31.2 Å². The van der Waals surface area contributed by atoms with E-state index in [9.17, 15) is 9.90 Å². The number of ether oxygens (including phenoxy) is 1. The van der Waals surface area contributed by atoms with Crippen LogP contribution in [-0.2, 0) is 15.1 Å². The molecule has 1 unspecified atom stereocenters. The van der Waals surface area contributed by atoms with Crippen molar-refractivity contribution < 1.29 is 19.2 Å². The molecule has 0 amide bonds. The summed E-state index contributed by atoms with van der Waals surface area (Å²) in [6.45, 7) is 2.65. The fourth-order valence-corrected chi connectivity index (χ4v) is 2.92. The molecule has 0 spiro atoms. The molecule has 6 heteroatoms. The Balaban J connectivity index is 1.85. The van der Waals surface area contributed by atoms with Crippen LogP contribution >= 0.6 is 0 Å². The molecule has 1 aliphatic heterocycles. The highest BCUT2D eigenvalue weighted by Crippen LogP contribution is 2.37. The van der Waals surface area contributed by atoms with Gasteiger partial charge in [0.1, 0.15) is 5.60 Å². The second kappa shape index (κ2) is 5.01. The topological polar surface area (TPSA) is 85.5 Å². The lowest BCUT2D eigenvalue weighted by molar-refractivity contribution is -0.142. The molecule has 3 rings (SSSR count). The maximum atomic E-state index is 11.3. The Morgan fingerprint density at radius 1 is 1.45 bits per heavy atom. The lowest BCUT2D eigenvalue weighted by Crippen LogP contribution is -2.25. The lowest BCUT2D eigenvalue weighted by atomic mass is 9.83. The third kappa shape index (κ3) is 2.24. The quantitative estimate of drug-likeness (QED) is 0.853. The van der Waals surface area contributed by atoms with Gasteiger partial charge in [0.25, 0.3) is 0 Å². The molecule has 108 valence electrons. The third-order valence-electron chi connectivity index (χ3n) is 4.20. The molecule has 1 aliphatic carbocycles. The summed E-state index contributed by atoms with van der Waals surface area (Å²) in [5, 5.41) is 13.3. The minimum atomic E-state index is -0.817. The maximum Gasteiger partial charge on any atom is 0.307 e. The van der Waals surface area contributed by atoms with Crippen LogP contribution in [0.4, 0.5) is 0 Å². The second-order valence-corrected chi connectivity index (χ2v) is 5.63. The van der Waals surface area contributed by atoms with Crippen LogP contribution in [0.25, 0.3) is 0 Å². The standard InChI is InChI=1S/C14H18N2O4/c1-14(7-4-8-19-14)13-15-11(20-16-13)9-5-2-3-6-10(9)12(17)18/h2-3,9-10H,4-8H2,1H3,(H,17,18)/t9-,10+,14?/m1/s1. The molecule has 1 aromatic rings. The van der Waals surface area contributed by atoms with E-state index < -0.39 is 17.5 Å². The number of rotatable bonds is 3. The average molecular weight is 278 g/mol. The van der Waals surface area contributed by atoms with Gasteiger partial charge in [0.15, 0.2) is 0 Å². The number of carbonyl (C=O) groups is 1. The van der Waals surface area contributed by atoms with Crippen molar-refractivity contribution in [2.24, 2.45) is 5.92 Å². The Morgan fingerprint density at radius 2 is 2.25 bits per heavy atom. The predicted molar refractivity (Wildman–Crippen MR) is 69.1 cm³/mol. The zero-order valence-electron chi connectivity index (χ0n) is 11.4. The van der Waals surface area contributed by atoms with Crippen molar-refractivity contribution >= 4 is 5.97 Å². The fraction of sp³-hybridized carbons (Fsp3) is 0.643. The second-order valence-electron chi connectivity index (χ2n) is 5.63. The Labute approximate surface area is 116 Å². The number of aliphatic carboxylic acids is 1. The minimum absolute atomic E-state index is 0.247. The van der Waals surface area contributed by atoms with Gasteiger partial charge in [-0.05, 0) is 32.6 Å². The van der Waals surface area contributed by atoms with Gasteiger partial charge < -0.3 is 14.4 Å². The maximum absolute atomic E-state index is 11.3. The Bertz CT molecular complexity index is 531. The van der Waals surface area contributed by atoms with E-state index in [4.69, 9.17) is 9.26 Å². The molecule has 20 heavy (non-hydrogen) atoms. The first kappa shape index (κ1) is 13.3. The van der Waals surface area contributed by atoms with Crippen molar-refractivity contribution in [1.29, 1.82) is 0 Å². The number of nitrogens with zero attached hydrogens (tertiary/aromatic N) is 2. The Kier molecular flexibility index (Phi) is 3.33. The highest BCUT2D eigenvalue weighted by molar-refractivity contribution is 5.71. The van der Waals surface area contributed by atoms with Crippen molar-refractivity contribution in [3.05, 3.63) is 23.9 Å². The smallest absolute Gasteiger partial charge is 0.307 e. The molecule has 2 aliphatic rings.